The number of morpholine rings is 1. The maximum absolute atomic E-state index is 13.6. The minimum atomic E-state index is -0.243. The Labute approximate surface area is 142 Å². The standard InChI is InChI=1S/C18H26FN3O2/c19-15-4-1-3-14(11-15)17(22-7-9-24-10-8-22)13-21-18(23)12-16-5-2-6-20-16/h1,3-4,11,16-17,20H,2,5-10,12-13H2,(H,21,23). The van der Waals surface area contributed by atoms with Gasteiger partial charge in [-0.05, 0) is 37.1 Å². The van der Waals surface area contributed by atoms with E-state index >= 15 is 0 Å². The molecule has 1 aromatic rings. The van der Waals surface area contributed by atoms with Crippen LogP contribution in [0.15, 0.2) is 24.3 Å². The molecule has 0 spiro atoms. The van der Waals surface area contributed by atoms with Gasteiger partial charge in [0.2, 0.25) is 5.91 Å². The number of carbonyl (C=O) groups excluding carboxylic acids is 1. The van der Waals surface area contributed by atoms with Gasteiger partial charge in [0, 0.05) is 32.1 Å². The molecule has 2 saturated heterocycles. The summed E-state index contributed by atoms with van der Waals surface area (Å²) in [4.78, 5) is 14.5. The van der Waals surface area contributed by atoms with Gasteiger partial charge in [-0.1, -0.05) is 12.1 Å². The molecule has 2 aliphatic rings. The zero-order chi connectivity index (χ0) is 16.8. The van der Waals surface area contributed by atoms with Crippen LogP contribution in [-0.2, 0) is 9.53 Å². The topological polar surface area (TPSA) is 53.6 Å². The molecule has 2 N–H and O–H groups in total. The maximum atomic E-state index is 13.6. The van der Waals surface area contributed by atoms with E-state index in [4.69, 9.17) is 4.74 Å². The molecule has 0 saturated carbocycles. The predicted molar refractivity (Wildman–Crippen MR) is 90.2 cm³/mol. The minimum Gasteiger partial charge on any atom is -0.379 e. The Balaban J connectivity index is 1.61. The first-order valence-electron chi connectivity index (χ1n) is 8.80. The van der Waals surface area contributed by atoms with Gasteiger partial charge in [-0.25, -0.2) is 4.39 Å². The van der Waals surface area contributed by atoms with E-state index in [2.05, 4.69) is 15.5 Å². The first-order valence-corrected chi connectivity index (χ1v) is 8.80. The number of nitrogens with one attached hydrogen (secondary N) is 2. The summed E-state index contributed by atoms with van der Waals surface area (Å²) >= 11 is 0. The summed E-state index contributed by atoms with van der Waals surface area (Å²) in [6, 6.07) is 6.93. The third kappa shape index (κ3) is 4.75. The normalized spacial score (nSPS) is 23.1. The second kappa shape index (κ2) is 8.55. The Morgan fingerprint density at radius 1 is 1.42 bits per heavy atom. The molecule has 0 bridgehead atoms. The van der Waals surface area contributed by atoms with Gasteiger partial charge in [0.1, 0.15) is 5.82 Å². The van der Waals surface area contributed by atoms with Gasteiger partial charge >= 0.3 is 0 Å². The first kappa shape index (κ1) is 17.3. The largest absolute Gasteiger partial charge is 0.379 e. The third-order valence-electron chi connectivity index (χ3n) is 4.81. The smallest absolute Gasteiger partial charge is 0.221 e. The van der Waals surface area contributed by atoms with Crippen molar-refractivity contribution in [3.05, 3.63) is 35.6 Å². The number of benzene rings is 1. The predicted octanol–water partition coefficient (Wildman–Crippen LogP) is 1.46. The van der Waals surface area contributed by atoms with E-state index in [1.54, 1.807) is 12.1 Å². The van der Waals surface area contributed by atoms with Crippen LogP contribution in [0.25, 0.3) is 0 Å². The number of carbonyl (C=O) groups is 1. The molecule has 3 rings (SSSR count). The summed E-state index contributed by atoms with van der Waals surface area (Å²) in [6.45, 7) is 4.42. The second-order valence-corrected chi connectivity index (χ2v) is 6.52. The van der Waals surface area contributed by atoms with Crippen molar-refractivity contribution in [3.8, 4) is 0 Å². The second-order valence-electron chi connectivity index (χ2n) is 6.52. The van der Waals surface area contributed by atoms with Crippen molar-refractivity contribution in [2.24, 2.45) is 0 Å². The van der Waals surface area contributed by atoms with Crippen LogP contribution < -0.4 is 10.6 Å². The summed E-state index contributed by atoms with van der Waals surface area (Å²) in [5, 5.41) is 6.38. The van der Waals surface area contributed by atoms with E-state index < -0.39 is 0 Å². The van der Waals surface area contributed by atoms with Crippen molar-refractivity contribution < 1.29 is 13.9 Å². The van der Waals surface area contributed by atoms with E-state index in [0.717, 1.165) is 38.0 Å². The number of ether oxygens (including phenoxy) is 1. The number of hydrogen-bond donors (Lipinski definition) is 2. The van der Waals surface area contributed by atoms with Crippen molar-refractivity contribution in [2.75, 3.05) is 39.4 Å². The molecule has 0 aromatic heterocycles. The maximum Gasteiger partial charge on any atom is 0.221 e. The summed E-state index contributed by atoms with van der Waals surface area (Å²) in [5.41, 5.74) is 0.899. The van der Waals surface area contributed by atoms with E-state index in [1.165, 1.54) is 6.07 Å². The van der Waals surface area contributed by atoms with Gasteiger partial charge < -0.3 is 15.4 Å². The Kier molecular flexibility index (Phi) is 6.18. The fourth-order valence-corrected chi connectivity index (χ4v) is 3.50. The van der Waals surface area contributed by atoms with Crippen LogP contribution in [0.5, 0.6) is 0 Å². The highest BCUT2D eigenvalue weighted by Crippen LogP contribution is 2.22. The lowest BCUT2D eigenvalue weighted by atomic mass is 10.0. The van der Waals surface area contributed by atoms with Gasteiger partial charge in [0.05, 0.1) is 19.3 Å². The molecule has 6 heteroatoms. The molecule has 2 atom stereocenters. The number of hydrogen-bond acceptors (Lipinski definition) is 4. The van der Waals surface area contributed by atoms with Crippen molar-refractivity contribution in [2.45, 2.75) is 31.3 Å². The number of halogens is 1. The number of rotatable bonds is 6. The van der Waals surface area contributed by atoms with E-state index in [-0.39, 0.29) is 17.8 Å². The monoisotopic (exact) mass is 335 g/mol. The third-order valence-corrected chi connectivity index (χ3v) is 4.81. The Morgan fingerprint density at radius 3 is 2.96 bits per heavy atom. The fourth-order valence-electron chi connectivity index (χ4n) is 3.50. The van der Waals surface area contributed by atoms with Gasteiger partial charge in [0.15, 0.2) is 0 Å². The SMILES string of the molecule is O=C(CC1CCCN1)NCC(c1cccc(F)c1)N1CCOCC1. The van der Waals surface area contributed by atoms with Crippen molar-refractivity contribution >= 4 is 5.91 Å². The Morgan fingerprint density at radius 2 is 2.25 bits per heavy atom. The van der Waals surface area contributed by atoms with Crippen LogP contribution in [0.2, 0.25) is 0 Å². The van der Waals surface area contributed by atoms with Gasteiger partial charge in [0.25, 0.3) is 0 Å². The number of nitrogens with zero attached hydrogens (tertiary/aromatic N) is 1. The van der Waals surface area contributed by atoms with Crippen molar-refractivity contribution in [1.82, 2.24) is 15.5 Å². The zero-order valence-electron chi connectivity index (χ0n) is 14.0. The highest BCUT2D eigenvalue weighted by molar-refractivity contribution is 5.76. The Hall–Kier alpha value is -1.50. The fraction of sp³-hybridized carbons (Fsp3) is 0.611. The first-order chi connectivity index (χ1) is 11.7. The van der Waals surface area contributed by atoms with E-state index in [1.807, 2.05) is 6.07 Å². The van der Waals surface area contributed by atoms with Gasteiger partial charge in [-0.2, -0.15) is 0 Å². The Bertz CT molecular complexity index is 543. The highest BCUT2D eigenvalue weighted by Gasteiger charge is 2.24. The van der Waals surface area contributed by atoms with Gasteiger partial charge in [-0.15, -0.1) is 0 Å². The molecule has 24 heavy (non-hydrogen) atoms. The molecule has 2 unspecified atom stereocenters. The molecule has 0 aliphatic carbocycles. The van der Waals surface area contributed by atoms with E-state index in [9.17, 15) is 9.18 Å². The summed E-state index contributed by atoms with van der Waals surface area (Å²) < 4.78 is 19.0. The van der Waals surface area contributed by atoms with Crippen molar-refractivity contribution in [3.63, 3.8) is 0 Å². The molecule has 1 aromatic carbocycles. The molecular weight excluding hydrogens is 309 g/mol. The average molecular weight is 335 g/mol. The number of amides is 1. The van der Waals surface area contributed by atoms with Crippen LogP contribution in [-0.4, -0.2) is 56.2 Å². The summed E-state index contributed by atoms with van der Waals surface area (Å²) in [7, 11) is 0. The van der Waals surface area contributed by atoms with Gasteiger partial charge in [-0.3, -0.25) is 9.69 Å². The van der Waals surface area contributed by atoms with Crippen LogP contribution >= 0.6 is 0 Å². The summed E-state index contributed by atoms with van der Waals surface area (Å²) in [5.74, 6) is -0.184. The molecule has 2 heterocycles. The van der Waals surface area contributed by atoms with Crippen LogP contribution in [0.4, 0.5) is 4.39 Å². The molecule has 5 nitrogen and oxygen atoms in total. The van der Waals surface area contributed by atoms with Crippen molar-refractivity contribution in [1.29, 1.82) is 0 Å². The lowest BCUT2D eigenvalue weighted by Gasteiger charge is -2.35. The van der Waals surface area contributed by atoms with Crippen LogP contribution in [0.3, 0.4) is 0 Å². The minimum absolute atomic E-state index is 0.0231. The van der Waals surface area contributed by atoms with E-state index in [0.29, 0.717) is 32.2 Å². The molecule has 0 radical (unpaired) electrons. The molecular formula is C18H26FN3O2. The molecule has 132 valence electrons. The zero-order valence-corrected chi connectivity index (χ0v) is 14.0. The molecule has 1 amide bonds. The lowest BCUT2D eigenvalue weighted by molar-refractivity contribution is -0.121. The lowest BCUT2D eigenvalue weighted by Crippen LogP contribution is -2.44. The quantitative estimate of drug-likeness (QED) is 0.826. The summed E-state index contributed by atoms with van der Waals surface area (Å²) in [6.07, 6.45) is 2.71. The molecule has 2 aliphatic heterocycles. The van der Waals surface area contributed by atoms with Crippen LogP contribution in [0.1, 0.15) is 30.9 Å². The average Bonchev–Trinajstić information content (AvgIpc) is 3.09. The molecule has 2 fully saturated rings. The van der Waals surface area contributed by atoms with Crippen LogP contribution in [0, 0.1) is 5.82 Å². The highest BCUT2D eigenvalue weighted by atomic mass is 19.1.